The summed E-state index contributed by atoms with van der Waals surface area (Å²) >= 11 is 0. The number of imide groups is 1. The number of aliphatic hydroxyl groups excluding tert-OH is 2. The van der Waals surface area contributed by atoms with Gasteiger partial charge in [-0.3, -0.25) is 9.59 Å². The molecule has 0 aromatic heterocycles. The van der Waals surface area contributed by atoms with Gasteiger partial charge in [0.05, 0.1) is 24.1 Å². The Labute approximate surface area is 218 Å². The lowest BCUT2D eigenvalue weighted by Gasteiger charge is -2.40. The number of benzene rings is 2. The van der Waals surface area contributed by atoms with E-state index in [1.807, 2.05) is 6.07 Å². The van der Waals surface area contributed by atoms with Crippen molar-refractivity contribution in [2.24, 2.45) is 11.8 Å². The number of rotatable bonds is 5. The normalized spacial score (nSPS) is 33.3. The van der Waals surface area contributed by atoms with Crippen LogP contribution in [0.25, 0.3) is 15.6 Å². The molecular weight excluding hydrogens is 488 g/mol. The number of carbonyl (C=O) groups is 2. The fraction of sp³-hybridized carbons (Fsp3) is 0.536. The Bertz CT molecular complexity index is 1350. The van der Waals surface area contributed by atoms with Crippen LogP contribution in [0.5, 0.6) is 0 Å². The number of ether oxygens (including phenoxy) is 1. The highest BCUT2D eigenvalue weighted by atomic mass is 28.4. The number of aliphatic hydroxyl groups is 2. The first-order chi connectivity index (χ1) is 17.2. The van der Waals surface area contributed by atoms with E-state index in [9.17, 15) is 19.8 Å². The molecule has 6 atom stereocenters. The highest BCUT2D eigenvalue weighted by Crippen LogP contribution is 2.62. The predicted octanol–water partition coefficient (Wildman–Crippen LogP) is 4.17. The van der Waals surface area contributed by atoms with Gasteiger partial charge >= 0.3 is 0 Å². The van der Waals surface area contributed by atoms with Gasteiger partial charge in [-0.15, -0.1) is 0 Å². The lowest BCUT2D eigenvalue weighted by atomic mass is 9.64. The molecule has 3 saturated heterocycles. The van der Waals surface area contributed by atoms with Crippen LogP contribution in [0.4, 0.5) is 11.4 Å². The van der Waals surface area contributed by atoms with Crippen LogP contribution in [0.3, 0.4) is 0 Å². The van der Waals surface area contributed by atoms with Gasteiger partial charge in [0, 0.05) is 13.0 Å². The van der Waals surface area contributed by atoms with E-state index in [1.54, 1.807) is 37.3 Å². The summed E-state index contributed by atoms with van der Waals surface area (Å²) < 4.78 is 12.7. The summed E-state index contributed by atoms with van der Waals surface area (Å²) in [5.41, 5.74) is -2.02. The molecule has 3 heterocycles. The molecule has 3 fully saturated rings. The second-order valence-corrected chi connectivity index (χ2v) is 17.0. The zero-order valence-electron chi connectivity index (χ0n) is 22.1. The molecule has 2 aromatic carbocycles. The highest BCUT2D eigenvalue weighted by Gasteiger charge is 2.80. The Kier molecular flexibility index (Phi) is 5.76. The van der Waals surface area contributed by atoms with Crippen molar-refractivity contribution in [3.05, 3.63) is 47.8 Å². The Morgan fingerprint density at radius 1 is 1.05 bits per heavy atom. The highest BCUT2D eigenvalue weighted by molar-refractivity contribution is 6.74. The third-order valence-electron chi connectivity index (χ3n) is 9.25. The summed E-state index contributed by atoms with van der Waals surface area (Å²) in [6.07, 6.45) is -2.47. The zero-order chi connectivity index (χ0) is 27.1. The second kappa shape index (κ2) is 8.19. The van der Waals surface area contributed by atoms with Crippen molar-refractivity contribution < 1.29 is 29.0 Å². The van der Waals surface area contributed by atoms with E-state index >= 15 is 0 Å². The predicted molar refractivity (Wildman–Crippen MR) is 142 cm³/mol. The molecule has 2 bridgehead atoms. The summed E-state index contributed by atoms with van der Waals surface area (Å²) in [5.74, 6) is -2.81. The summed E-state index contributed by atoms with van der Waals surface area (Å²) in [6, 6.07) is 10.4. The van der Waals surface area contributed by atoms with Crippen LogP contribution in [0.1, 0.15) is 34.1 Å². The average molecular weight is 523 g/mol. The van der Waals surface area contributed by atoms with E-state index < -0.39 is 55.4 Å². The Morgan fingerprint density at radius 3 is 2.30 bits per heavy atom. The Morgan fingerprint density at radius 2 is 1.68 bits per heavy atom. The Balaban J connectivity index is 1.55. The molecule has 37 heavy (non-hydrogen) atoms. The molecular formula is C28H34N2O6Si. The minimum absolute atomic E-state index is 0.0272. The van der Waals surface area contributed by atoms with Gasteiger partial charge in [0.2, 0.25) is 11.8 Å². The van der Waals surface area contributed by atoms with Crippen molar-refractivity contribution in [2.45, 2.75) is 75.7 Å². The van der Waals surface area contributed by atoms with Crippen LogP contribution in [-0.2, 0) is 18.8 Å². The molecule has 2 unspecified atom stereocenters. The molecule has 3 aliphatic rings. The molecule has 0 spiro atoms. The molecule has 2 aromatic rings. The minimum atomic E-state index is -2.12. The average Bonchev–Trinajstić information content (AvgIpc) is 3.34. The SMILES string of the molecule is [C-]#[N+]c1ccc(N2C(=O)[C@@H]3[C@H](C2=O)C2(C)OC3(CCO[Si](C)(C)C(C)(C)C)[C@@H](O)[C@@H]2O)c2ccccc12. The molecule has 2 amide bonds. The van der Waals surface area contributed by atoms with Crippen molar-refractivity contribution in [1.29, 1.82) is 0 Å². The molecule has 5 rings (SSSR count). The van der Waals surface area contributed by atoms with Gasteiger partial charge in [-0.1, -0.05) is 51.1 Å². The lowest BCUT2D eigenvalue weighted by molar-refractivity contribution is -0.137. The van der Waals surface area contributed by atoms with Crippen LogP contribution in [0.2, 0.25) is 18.1 Å². The maximum absolute atomic E-state index is 14.0. The van der Waals surface area contributed by atoms with Crippen molar-refractivity contribution in [2.75, 3.05) is 11.5 Å². The van der Waals surface area contributed by atoms with Crippen molar-refractivity contribution in [1.82, 2.24) is 0 Å². The number of nitrogens with zero attached hydrogens (tertiary/aromatic N) is 2. The largest absolute Gasteiger partial charge is 0.417 e. The van der Waals surface area contributed by atoms with E-state index in [0.29, 0.717) is 22.1 Å². The van der Waals surface area contributed by atoms with Gasteiger partial charge < -0.3 is 19.4 Å². The minimum Gasteiger partial charge on any atom is -0.417 e. The van der Waals surface area contributed by atoms with Crippen molar-refractivity contribution in [3.63, 3.8) is 0 Å². The maximum atomic E-state index is 14.0. The second-order valence-electron chi connectivity index (χ2n) is 12.2. The van der Waals surface area contributed by atoms with Crippen LogP contribution in [0, 0.1) is 18.4 Å². The smallest absolute Gasteiger partial charge is 0.240 e. The van der Waals surface area contributed by atoms with E-state index in [1.165, 1.54) is 4.90 Å². The van der Waals surface area contributed by atoms with Crippen LogP contribution in [-0.4, -0.2) is 60.4 Å². The van der Waals surface area contributed by atoms with Crippen LogP contribution < -0.4 is 4.90 Å². The third kappa shape index (κ3) is 3.40. The molecule has 3 aliphatic heterocycles. The number of hydrogen-bond donors (Lipinski definition) is 2. The van der Waals surface area contributed by atoms with E-state index in [2.05, 4.69) is 38.7 Å². The van der Waals surface area contributed by atoms with Crippen molar-refractivity contribution in [3.8, 4) is 0 Å². The number of carbonyl (C=O) groups excluding carboxylic acids is 2. The summed E-state index contributed by atoms with van der Waals surface area (Å²) in [4.78, 5) is 32.7. The summed E-state index contributed by atoms with van der Waals surface area (Å²) in [6.45, 7) is 20.0. The van der Waals surface area contributed by atoms with Gasteiger partial charge in [0.15, 0.2) is 14.0 Å². The summed E-state index contributed by atoms with van der Waals surface area (Å²) in [5, 5.41) is 23.5. The molecule has 9 heteroatoms. The monoisotopic (exact) mass is 522 g/mol. The lowest BCUT2D eigenvalue weighted by Crippen LogP contribution is -2.58. The molecule has 196 valence electrons. The van der Waals surface area contributed by atoms with Crippen LogP contribution >= 0.6 is 0 Å². The first-order valence-electron chi connectivity index (χ1n) is 12.7. The standard InChI is InChI=1S/C28H34N2O6Si/c1-26(2,3)37(6,7)35-15-14-28-21-20(27(4,36-28)22(31)23(28)32)24(33)30(25(21)34)19-13-12-18(29-5)16-10-8-9-11-17(16)19/h8-13,20-23,31-32H,14-15H2,1-4,6-7H3/t20-,21+,22+,23+,27?,28?/m1/s1. The quantitative estimate of drug-likeness (QED) is 0.347. The molecule has 2 N–H and O–H groups in total. The third-order valence-corrected chi connectivity index (χ3v) is 13.8. The summed E-state index contributed by atoms with van der Waals surface area (Å²) in [7, 11) is -2.12. The maximum Gasteiger partial charge on any atom is 0.240 e. The van der Waals surface area contributed by atoms with Gasteiger partial charge in [0.25, 0.3) is 0 Å². The molecule has 0 radical (unpaired) electrons. The van der Waals surface area contributed by atoms with E-state index in [4.69, 9.17) is 15.7 Å². The van der Waals surface area contributed by atoms with Gasteiger partial charge in [-0.25, -0.2) is 9.74 Å². The first kappa shape index (κ1) is 26.0. The zero-order valence-corrected chi connectivity index (χ0v) is 23.1. The topological polar surface area (TPSA) is 101 Å². The van der Waals surface area contributed by atoms with Gasteiger partial charge in [-0.05, 0) is 41.9 Å². The van der Waals surface area contributed by atoms with Crippen molar-refractivity contribution >= 4 is 42.3 Å². The van der Waals surface area contributed by atoms with Crippen LogP contribution in [0.15, 0.2) is 36.4 Å². The number of amides is 2. The van der Waals surface area contributed by atoms with E-state index in [0.717, 1.165) is 0 Å². The fourth-order valence-corrected chi connectivity index (χ4v) is 7.22. The van der Waals surface area contributed by atoms with E-state index in [-0.39, 0.29) is 18.1 Å². The molecule has 8 nitrogen and oxygen atoms in total. The number of anilines is 1. The first-order valence-corrected chi connectivity index (χ1v) is 15.6. The fourth-order valence-electron chi connectivity index (χ4n) is 6.18. The Hall–Kier alpha value is -2.61. The molecule has 0 saturated carbocycles. The molecule has 0 aliphatic carbocycles. The van der Waals surface area contributed by atoms with Gasteiger partial charge in [0.1, 0.15) is 23.4 Å². The number of fused-ring (bicyclic) bond motifs is 6. The van der Waals surface area contributed by atoms with Gasteiger partial charge in [-0.2, -0.15) is 0 Å². The number of hydrogen-bond acceptors (Lipinski definition) is 6.